The van der Waals surface area contributed by atoms with Crippen LogP contribution in [-0.4, -0.2) is 20.2 Å². The minimum Gasteiger partial charge on any atom is -0.478 e. The molecule has 1 N–H and O–H groups in total. The van der Waals surface area contributed by atoms with Crippen LogP contribution in [0.2, 0.25) is 0 Å². The summed E-state index contributed by atoms with van der Waals surface area (Å²) < 4.78 is 3.65. The number of nitrogens with zero attached hydrogens (tertiary/aromatic N) is 2. The number of carboxylic acid groups (broad SMARTS) is 1. The van der Waals surface area contributed by atoms with Crippen LogP contribution in [0.25, 0.3) is 10.9 Å². The summed E-state index contributed by atoms with van der Waals surface area (Å²) >= 11 is 3.31. The van der Waals surface area contributed by atoms with Crippen molar-refractivity contribution in [2.45, 2.75) is 6.92 Å². The lowest BCUT2D eigenvalue weighted by atomic mass is 10.1. The van der Waals surface area contributed by atoms with Crippen molar-refractivity contribution in [3.8, 4) is 0 Å². The maximum atomic E-state index is 12.0. The lowest BCUT2D eigenvalue weighted by molar-refractivity contribution is 0.0698. The van der Waals surface area contributed by atoms with E-state index < -0.39 is 5.97 Å². The van der Waals surface area contributed by atoms with Crippen molar-refractivity contribution < 1.29 is 9.90 Å². The lowest BCUT2D eigenvalue weighted by Crippen LogP contribution is -2.18. The number of rotatable bonds is 1. The standard InChI is InChI=1S/C11H11BrN2O3/c1-5-7(11(16)17)8-6(12)4-13(2)10(15)9(8)14(5)3/h4H,1-3H3,(H,16,17). The average Bonchev–Trinajstić information content (AvgIpc) is 2.50. The molecule has 0 fully saturated rings. The summed E-state index contributed by atoms with van der Waals surface area (Å²) in [7, 11) is 3.33. The lowest BCUT2D eigenvalue weighted by Gasteiger charge is -2.02. The van der Waals surface area contributed by atoms with Gasteiger partial charge >= 0.3 is 5.97 Å². The first-order chi connectivity index (χ1) is 7.86. The maximum Gasteiger partial charge on any atom is 0.338 e. The van der Waals surface area contributed by atoms with Crippen molar-refractivity contribution >= 4 is 32.8 Å². The Kier molecular flexibility index (Phi) is 2.61. The zero-order chi connectivity index (χ0) is 12.9. The molecule has 2 heterocycles. The summed E-state index contributed by atoms with van der Waals surface area (Å²) in [4.78, 5) is 23.3. The van der Waals surface area contributed by atoms with Crippen molar-refractivity contribution in [3.63, 3.8) is 0 Å². The van der Waals surface area contributed by atoms with Gasteiger partial charge in [-0.25, -0.2) is 4.79 Å². The molecule has 0 aromatic carbocycles. The second-order valence-electron chi connectivity index (χ2n) is 3.94. The molecular formula is C11H11BrN2O3. The first-order valence-corrected chi connectivity index (χ1v) is 5.73. The van der Waals surface area contributed by atoms with Gasteiger partial charge < -0.3 is 14.2 Å². The molecule has 0 aliphatic heterocycles. The molecule has 0 amide bonds. The van der Waals surface area contributed by atoms with E-state index >= 15 is 0 Å². The molecule has 0 unspecified atom stereocenters. The summed E-state index contributed by atoms with van der Waals surface area (Å²) in [6.45, 7) is 1.69. The highest BCUT2D eigenvalue weighted by Gasteiger charge is 2.22. The van der Waals surface area contributed by atoms with Gasteiger partial charge in [-0.05, 0) is 22.9 Å². The molecule has 0 aliphatic carbocycles. The number of hydrogen-bond donors (Lipinski definition) is 1. The van der Waals surface area contributed by atoms with Gasteiger partial charge in [-0.3, -0.25) is 4.79 Å². The van der Waals surface area contributed by atoms with Crippen LogP contribution in [0.5, 0.6) is 0 Å². The zero-order valence-electron chi connectivity index (χ0n) is 9.61. The third-order valence-electron chi connectivity index (χ3n) is 2.97. The van der Waals surface area contributed by atoms with E-state index in [1.165, 1.54) is 4.57 Å². The number of halogens is 1. The quantitative estimate of drug-likeness (QED) is 0.870. The van der Waals surface area contributed by atoms with E-state index in [0.29, 0.717) is 21.1 Å². The van der Waals surface area contributed by atoms with E-state index in [-0.39, 0.29) is 11.1 Å². The van der Waals surface area contributed by atoms with Crippen molar-refractivity contribution in [2.75, 3.05) is 0 Å². The predicted octanol–water partition coefficient (Wildman–Crippen LogP) is 1.65. The number of aromatic carboxylic acids is 1. The van der Waals surface area contributed by atoms with Crippen LogP contribution in [-0.2, 0) is 14.1 Å². The smallest absolute Gasteiger partial charge is 0.338 e. The molecule has 6 heteroatoms. The van der Waals surface area contributed by atoms with Gasteiger partial charge in [0.1, 0.15) is 5.52 Å². The van der Waals surface area contributed by atoms with Crippen molar-refractivity contribution in [3.05, 3.63) is 32.3 Å². The Hall–Kier alpha value is -1.56. The number of hydrogen-bond acceptors (Lipinski definition) is 2. The highest BCUT2D eigenvalue weighted by atomic mass is 79.9. The maximum absolute atomic E-state index is 12.0. The van der Waals surface area contributed by atoms with E-state index in [4.69, 9.17) is 0 Å². The first kappa shape index (κ1) is 11.9. The molecule has 2 rings (SSSR count). The highest BCUT2D eigenvalue weighted by molar-refractivity contribution is 9.10. The summed E-state index contributed by atoms with van der Waals surface area (Å²) in [5.74, 6) is -1.03. The Bertz CT molecular complexity index is 697. The largest absolute Gasteiger partial charge is 0.478 e. The minimum absolute atomic E-state index is 0.173. The van der Waals surface area contributed by atoms with Gasteiger partial charge in [0.05, 0.1) is 5.56 Å². The predicted molar refractivity (Wildman–Crippen MR) is 67.6 cm³/mol. The van der Waals surface area contributed by atoms with Crippen LogP contribution in [0, 0.1) is 6.92 Å². The molecule has 2 aromatic rings. The fourth-order valence-corrected chi connectivity index (χ4v) is 2.70. The highest BCUT2D eigenvalue weighted by Crippen LogP contribution is 2.29. The fraction of sp³-hybridized carbons (Fsp3) is 0.273. The second kappa shape index (κ2) is 3.73. The number of carboxylic acids is 1. The number of pyridine rings is 1. The summed E-state index contributed by atoms with van der Waals surface area (Å²) in [5, 5.41) is 9.68. The van der Waals surface area contributed by atoms with Gasteiger partial charge in [-0.15, -0.1) is 0 Å². The first-order valence-electron chi connectivity index (χ1n) is 4.93. The molecule has 0 bridgehead atoms. The van der Waals surface area contributed by atoms with Crippen LogP contribution in [0.4, 0.5) is 0 Å². The third kappa shape index (κ3) is 1.51. The molecule has 17 heavy (non-hydrogen) atoms. The van der Waals surface area contributed by atoms with Gasteiger partial charge in [0.25, 0.3) is 5.56 Å². The van der Waals surface area contributed by atoms with Crippen LogP contribution < -0.4 is 5.56 Å². The average molecular weight is 299 g/mol. The van der Waals surface area contributed by atoms with Gasteiger partial charge in [0, 0.05) is 35.8 Å². The second-order valence-corrected chi connectivity index (χ2v) is 4.80. The number of fused-ring (bicyclic) bond motifs is 1. The molecule has 0 spiro atoms. The van der Waals surface area contributed by atoms with Gasteiger partial charge in [-0.2, -0.15) is 0 Å². The Labute approximate surface area is 105 Å². The molecule has 0 saturated carbocycles. The summed E-state index contributed by atoms with van der Waals surface area (Å²) in [6, 6.07) is 0. The zero-order valence-corrected chi connectivity index (χ0v) is 11.2. The van der Waals surface area contributed by atoms with E-state index in [2.05, 4.69) is 15.9 Å². The van der Waals surface area contributed by atoms with E-state index in [1.54, 1.807) is 31.8 Å². The fourth-order valence-electron chi connectivity index (χ4n) is 2.01. The summed E-state index contributed by atoms with van der Waals surface area (Å²) in [6.07, 6.45) is 1.58. The van der Waals surface area contributed by atoms with Crippen molar-refractivity contribution in [2.24, 2.45) is 14.1 Å². The van der Waals surface area contributed by atoms with Gasteiger partial charge in [-0.1, -0.05) is 0 Å². The number of carbonyl (C=O) groups is 1. The monoisotopic (exact) mass is 298 g/mol. The van der Waals surface area contributed by atoms with Crippen LogP contribution in [0.1, 0.15) is 16.1 Å². The normalized spacial score (nSPS) is 11.1. The number of aryl methyl sites for hydroxylation is 2. The topological polar surface area (TPSA) is 64.2 Å². The van der Waals surface area contributed by atoms with E-state index in [9.17, 15) is 14.7 Å². The Morgan fingerprint density at radius 3 is 2.53 bits per heavy atom. The molecule has 5 nitrogen and oxygen atoms in total. The molecule has 0 radical (unpaired) electrons. The van der Waals surface area contributed by atoms with Crippen molar-refractivity contribution in [1.29, 1.82) is 0 Å². The number of aromatic nitrogens is 2. The third-order valence-corrected chi connectivity index (χ3v) is 3.57. The summed E-state index contributed by atoms with van der Waals surface area (Å²) in [5.41, 5.74) is 0.932. The van der Waals surface area contributed by atoms with Gasteiger partial charge in [0.2, 0.25) is 0 Å². The van der Waals surface area contributed by atoms with Crippen LogP contribution >= 0.6 is 15.9 Å². The molecular weight excluding hydrogens is 288 g/mol. The molecule has 0 atom stereocenters. The molecule has 90 valence electrons. The molecule has 2 aromatic heterocycles. The van der Waals surface area contributed by atoms with Crippen LogP contribution in [0.15, 0.2) is 15.5 Å². The Balaban J connectivity index is 3.16. The SMILES string of the molecule is Cc1c(C(=O)O)c2c(Br)cn(C)c(=O)c2n1C. The van der Waals surface area contributed by atoms with Crippen LogP contribution in [0.3, 0.4) is 0 Å². The van der Waals surface area contributed by atoms with E-state index in [1.807, 2.05) is 0 Å². The van der Waals surface area contributed by atoms with Crippen molar-refractivity contribution in [1.82, 2.24) is 9.13 Å². The van der Waals surface area contributed by atoms with Gasteiger partial charge in [0.15, 0.2) is 0 Å². The molecule has 0 saturated heterocycles. The van der Waals surface area contributed by atoms with E-state index in [0.717, 1.165) is 0 Å². The Morgan fingerprint density at radius 2 is 2.00 bits per heavy atom. The molecule has 0 aliphatic rings. The Morgan fingerprint density at radius 1 is 1.41 bits per heavy atom. The minimum atomic E-state index is -1.03.